The monoisotopic (exact) mass is 558 g/mol. The number of methoxy groups -OCH3 is 1. The maximum atomic E-state index is 5.86. The van der Waals surface area contributed by atoms with Gasteiger partial charge in [0.25, 0.3) is 0 Å². The van der Waals surface area contributed by atoms with Crippen molar-refractivity contribution in [3.05, 3.63) is 41.5 Å². The zero-order valence-electron chi connectivity index (χ0n) is 20.2. The molecule has 1 heterocycles. The van der Waals surface area contributed by atoms with E-state index in [0.29, 0.717) is 12.5 Å². The first-order valence-corrected chi connectivity index (χ1v) is 11.1. The van der Waals surface area contributed by atoms with Crippen LogP contribution in [-0.4, -0.2) is 53.6 Å². The Balaban J connectivity index is 0.00000512. The third-order valence-corrected chi connectivity index (χ3v) is 5.27. The molecule has 0 aliphatic heterocycles. The normalized spacial score (nSPS) is 12.4. The molecule has 32 heavy (non-hydrogen) atoms. The van der Waals surface area contributed by atoms with Crippen LogP contribution in [0, 0.1) is 12.8 Å². The van der Waals surface area contributed by atoms with Gasteiger partial charge in [-0.3, -0.25) is 0 Å². The van der Waals surface area contributed by atoms with Crippen molar-refractivity contribution >= 4 is 29.9 Å². The Bertz CT molecular complexity index is 807. The Labute approximate surface area is 209 Å². The van der Waals surface area contributed by atoms with Gasteiger partial charge >= 0.3 is 0 Å². The number of hydrogen-bond donors (Lipinski definition) is 2. The molecule has 2 N–H and O–H groups in total. The molecular formula is C23H39IN6O2. The number of ether oxygens (including phenoxy) is 2. The first kappa shape index (κ1) is 28.2. The van der Waals surface area contributed by atoms with Gasteiger partial charge in [-0.05, 0) is 50.3 Å². The second-order valence-corrected chi connectivity index (χ2v) is 7.87. The van der Waals surface area contributed by atoms with E-state index in [0.717, 1.165) is 55.9 Å². The molecule has 2 rings (SSSR count). The van der Waals surface area contributed by atoms with E-state index in [4.69, 9.17) is 14.5 Å². The van der Waals surface area contributed by atoms with E-state index in [1.54, 1.807) is 7.11 Å². The summed E-state index contributed by atoms with van der Waals surface area (Å²) >= 11 is 0. The lowest BCUT2D eigenvalue weighted by Gasteiger charge is -2.21. The number of aliphatic imine (C=N–C) groups is 1. The summed E-state index contributed by atoms with van der Waals surface area (Å²) < 4.78 is 13.0. The molecule has 0 aliphatic rings. The van der Waals surface area contributed by atoms with E-state index in [1.165, 1.54) is 5.56 Å². The Morgan fingerprint density at radius 3 is 2.38 bits per heavy atom. The van der Waals surface area contributed by atoms with Crippen molar-refractivity contribution in [1.82, 2.24) is 25.4 Å². The minimum Gasteiger partial charge on any atom is -0.497 e. The van der Waals surface area contributed by atoms with E-state index in [2.05, 4.69) is 46.8 Å². The lowest BCUT2D eigenvalue weighted by Crippen LogP contribution is -2.40. The van der Waals surface area contributed by atoms with Crippen LogP contribution in [0.1, 0.15) is 44.4 Å². The number of nitrogens with zero attached hydrogens (tertiary/aromatic N) is 4. The van der Waals surface area contributed by atoms with Gasteiger partial charge in [-0.15, -0.1) is 34.2 Å². The van der Waals surface area contributed by atoms with Crippen LogP contribution in [0.5, 0.6) is 5.75 Å². The third-order valence-electron chi connectivity index (χ3n) is 5.27. The molecule has 1 aromatic heterocycles. The van der Waals surface area contributed by atoms with Crippen molar-refractivity contribution in [3.63, 3.8) is 0 Å². The predicted octanol–water partition coefficient (Wildman–Crippen LogP) is 3.48. The van der Waals surface area contributed by atoms with Crippen LogP contribution in [0.25, 0.3) is 0 Å². The van der Waals surface area contributed by atoms with Gasteiger partial charge in [0.05, 0.1) is 13.2 Å². The van der Waals surface area contributed by atoms with Crippen molar-refractivity contribution in [1.29, 1.82) is 0 Å². The molecule has 0 saturated heterocycles. The van der Waals surface area contributed by atoms with Crippen LogP contribution in [0.3, 0.4) is 0 Å². The summed E-state index contributed by atoms with van der Waals surface area (Å²) in [6, 6.07) is 8.14. The van der Waals surface area contributed by atoms with Gasteiger partial charge in [0.1, 0.15) is 18.1 Å². The van der Waals surface area contributed by atoms with Crippen LogP contribution >= 0.6 is 24.0 Å². The Kier molecular flexibility index (Phi) is 13.2. The van der Waals surface area contributed by atoms with E-state index >= 15 is 0 Å². The van der Waals surface area contributed by atoms with Crippen molar-refractivity contribution < 1.29 is 9.47 Å². The highest BCUT2D eigenvalue weighted by Gasteiger charge is 2.13. The first-order valence-electron chi connectivity index (χ1n) is 11.1. The van der Waals surface area contributed by atoms with Gasteiger partial charge in [0, 0.05) is 26.7 Å². The minimum atomic E-state index is 0. The van der Waals surface area contributed by atoms with Gasteiger partial charge < -0.3 is 24.7 Å². The summed E-state index contributed by atoms with van der Waals surface area (Å²) in [5.41, 5.74) is 1.24. The SMILES string of the molecule is CCOC(CCNC(=NCc1nnc(C)n1C)NCCc1ccc(OC)cc1)C(C)C.I. The molecule has 0 bridgehead atoms. The van der Waals surface area contributed by atoms with E-state index in [1.807, 2.05) is 37.6 Å². The molecule has 0 amide bonds. The van der Waals surface area contributed by atoms with Crippen molar-refractivity contribution in [2.24, 2.45) is 18.0 Å². The molecule has 0 spiro atoms. The third kappa shape index (κ3) is 9.32. The van der Waals surface area contributed by atoms with E-state index in [-0.39, 0.29) is 30.1 Å². The van der Waals surface area contributed by atoms with E-state index < -0.39 is 0 Å². The average molecular weight is 559 g/mol. The number of benzene rings is 1. The second kappa shape index (κ2) is 15.0. The van der Waals surface area contributed by atoms with Crippen LogP contribution in [0.4, 0.5) is 0 Å². The van der Waals surface area contributed by atoms with Crippen LogP contribution < -0.4 is 15.4 Å². The molecule has 180 valence electrons. The zero-order valence-corrected chi connectivity index (χ0v) is 22.6. The van der Waals surface area contributed by atoms with Crippen molar-refractivity contribution in [2.45, 2.75) is 53.2 Å². The number of aromatic nitrogens is 3. The minimum absolute atomic E-state index is 0. The maximum Gasteiger partial charge on any atom is 0.191 e. The lowest BCUT2D eigenvalue weighted by atomic mass is 10.0. The molecule has 1 atom stereocenters. The Morgan fingerprint density at radius 1 is 1.12 bits per heavy atom. The van der Waals surface area contributed by atoms with Gasteiger partial charge in [-0.25, -0.2) is 4.99 Å². The quantitative estimate of drug-likeness (QED) is 0.236. The largest absolute Gasteiger partial charge is 0.497 e. The topological polar surface area (TPSA) is 85.6 Å². The van der Waals surface area contributed by atoms with Crippen LogP contribution in [0.2, 0.25) is 0 Å². The van der Waals surface area contributed by atoms with E-state index in [9.17, 15) is 0 Å². The highest BCUT2D eigenvalue weighted by atomic mass is 127. The Hall–Kier alpha value is -1.88. The molecule has 1 unspecified atom stereocenters. The highest BCUT2D eigenvalue weighted by molar-refractivity contribution is 14.0. The average Bonchev–Trinajstić information content (AvgIpc) is 3.09. The fourth-order valence-electron chi connectivity index (χ4n) is 3.19. The standard InChI is InChI=1S/C23H38N6O2.HI/c1-7-31-21(17(2)3)13-15-25-23(26-16-22-28-27-18(4)29(22)5)24-14-12-19-8-10-20(30-6)11-9-19;/h8-11,17,21H,7,12-16H2,1-6H3,(H2,24,25,26);1H. The van der Waals surface area contributed by atoms with Gasteiger partial charge in [0.2, 0.25) is 0 Å². The number of rotatable bonds is 12. The number of nitrogens with one attached hydrogen (secondary N) is 2. The van der Waals surface area contributed by atoms with Gasteiger partial charge in [0.15, 0.2) is 11.8 Å². The molecule has 0 aliphatic carbocycles. The second-order valence-electron chi connectivity index (χ2n) is 7.87. The molecule has 0 radical (unpaired) electrons. The fourth-order valence-corrected chi connectivity index (χ4v) is 3.19. The summed E-state index contributed by atoms with van der Waals surface area (Å²) in [6.45, 7) is 11.1. The summed E-state index contributed by atoms with van der Waals surface area (Å²) in [5, 5.41) is 15.2. The summed E-state index contributed by atoms with van der Waals surface area (Å²) in [5.74, 6) is 3.83. The lowest BCUT2D eigenvalue weighted by molar-refractivity contribution is 0.0258. The zero-order chi connectivity index (χ0) is 22.6. The van der Waals surface area contributed by atoms with Gasteiger partial charge in [-0.2, -0.15) is 0 Å². The van der Waals surface area contributed by atoms with Crippen LogP contribution in [-0.2, 0) is 24.8 Å². The number of hydrogen-bond acceptors (Lipinski definition) is 5. The molecule has 1 aromatic carbocycles. The first-order chi connectivity index (χ1) is 14.9. The highest BCUT2D eigenvalue weighted by Crippen LogP contribution is 2.12. The molecule has 0 fully saturated rings. The number of halogens is 1. The number of guanidine groups is 1. The van der Waals surface area contributed by atoms with Gasteiger partial charge in [-0.1, -0.05) is 26.0 Å². The number of aryl methyl sites for hydroxylation is 1. The maximum absolute atomic E-state index is 5.86. The molecule has 9 heteroatoms. The van der Waals surface area contributed by atoms with Crippen molar-refractivity contribution in [3.8, 4) is 5.75 Å². The summed E-state index contributed by atoms with van der Waals surface area (Å²) in [4.78, 5) is 4.72. The molecule has 0 saturated carbocycles. The van der Waals surface area contributed by atoms with Crippen LogP contribution in [0.15, 0.2) is 29.3 Å². The molecular weight excluding hydrogens is 519 g/mol. The molecule has 8 nitrogen and oxygen atoms in total. The predicted molar refractivity (Wildman–Crippen MR) is 140 cm³/mol. The smallest absolute Gasteiger partial charge is 0.191 e. The molecule has 2 aromatic rings. The fraction of sp³-hybridized carbons (Fsp3) is 0.609. The van der Waals surface area contributed by atoms with Crippen molar-refractivity contribution in [2.75, 3.05) is 26.8 Å². The summed E-state index contributed by atoms with van der Waals surface area (Å²) in [6.07, 6.45) is 2.05. The Morgan fingerprint density at radius 2 is 1.81 bits per heavy atom. The summed E-state index contributed by atoms with van der Waals surface area (Å²) in [7, 11) is 3.64.